The average molecular weight is 426 g/mol. The van der Waals surface area contributed by atoms with E-state index < -0.39 is 5.97 Å². The first-order valence-electron chi connectivity index (χ1n) is 9.10. The number of thiazole rings is 1. The number of ether oxygens (including phenoxy) is 3. The molecule has 0 aliphatic carbocycles. The summed E-state index contributed by atoms with van der Waals surface area (Å²) in [6.45, 7) is 1.86. The molecule has 0 atom stereocenters. The monoisotopic (exact) mass is 426 g/mol. The third-order valence-electron chi connectivity index (χ3n) is 4.46. The van der Waals surface area contributed by atoms with Crippen molar-refractivity contribution in [2.24, 2.45) is 0 Å². The van der Waals surface area contributed by atoms with Crippen LogP contribution in [0.3, 0.4) is 0 Å². The van der Waals surface area contributed by atoms with Gasteiger partial charge >= 0.3 is 5.97 Å². The fraction of sp³-hybridized carbons (Fsp3) is 0.227. The number of methoxy groups -OCH3 is 3. The average Bonchev–Trinajstić information content (AvgIpc) is 3.22. The topological polar surface area (TPSA) is 86.8 Å². The number of esters is 1. The second kappa shape index (κ2) is 9.41. The van der Waals surface area contributed by atoms with E-state index in [-0.39, 0.29) is 12.3 Å². The zero-order valence-corrected chi connectivity index (χ0v) is 18.0. The van der Waals surface area contributed by atoms with Crippen molar-refractivity contribution in [2.75, 3.05) is 26.6 Å². The van der Waals surface area contributed by atoms with Gasteiger partial charge in [0.05, 0.1) is 39.0 Å². The van der Waals surface area contributed by atoms with E-state index in [0.717, 1.165) is 16.1 Å². The fourth-order valence-corrected chi connectivity index (χ4v) is 3.67. The summed E-state index contributed by atoms with van der Waals surface area (Å²) in [5, 5.41) is 5.47. The Labute approximate surface area is 178 Å². The highest BCUT2D eigenvalue weighted by Crippen LogP contribution is 2.33. The van der Waals surface area contributed by atoms with Crippen LogP contribution < -0.4 is 14.8 Å². The summed E-state index contributed by atoms with van der Waals surface area (Å²) < 4.78 is 15.3. The summed E-state index contributed by atoms with van der Waals surface area (Å²) in [5.41, 5.74) is 3.33. The van der Waals surface area contributed by atoms with Gasteiger partial charge in [-0.1, -0.05) is 6.07 Å². The van der Waals surface area contributed by atoms with Gasteiger partial charge in [-0.15, -0.1) is 11.3 Å². The van der Waals surface area contributed by atoms with Crippen molar-refractivity contribution in [1.82, 2.24) is 4.98 Å². The second-order valence-corrected chi connectivity index (χ2v) is 7.32. The van der Waals surface area contributed by atoms with Crippen LogP contribution in [0.4, 0.5) is 5.69 Å². The highest BCUT2D eigenvalue weighted by atomic mass is 32.1. The predicted octanol–water partition coefficient (Wildman–Crippen LogP) is 4.10. The maximum atomic E-state index is 12.5. The van der Waals surface area contributed by atoms with E-state index in [1.165, 1.54) is 18.4 Å². The molecular weight excluding hydrogens is 404 g/mol. The van der Waals surface area contributed by atoms with Gasteiger partial charge in [-0.2, -0.15) is 0 Å². The van der Waals surface area contributed by atoms with Gasteiger partial charge < -0.3 is 19.5 Å². The zero-order valence-electron chi connectivity index (χ0n) is 17.1. The van der Waals surface area contributed by atoms with Crippen LogP contribution in [0.1, 0.15) is 21.6 Å². The molecule has 156 valence electrons. The quantitative estimate of drug-likeness (QED) is 0.573. The molecule has 30 heavy (non-hydrogen) atoms. The van der Waals surface area contributed by atoms with Crippen molar-refractivity contribution in [2.45, 2.75) is 13.3 Å². The number of nitrogens with zero attached hydrogens (tertiary/aromatic N) is 1. The maximum absolute atomic E-state index is 12.5. The molecule has 0 aliphatic rings. The zero-order chi connectivity index (χ0) is 21.7. The van der Waals surface area contributed by atoms with E-state index in [9.17, 15) is 9.59 Å². The number of aryl methyl sites for hydroxylation is 1. The van der Waals surface area contributed by atoms with E-state index >= 15 is 0 Å². The molecule has 7 nitrogen and oxygen atoms in total. The highest BCUT2D eigenvalue weighted by molar-refractivity contribution is 7.13. The Hall–Kier alpha value is -3.39. The summed E-state index contributed by atoms with van der Waals surface area (Å²) in [4.78, 5) is 28.8. The van der Waals surface area contributed by atoms with Crippen molar-refractivity contribution in [3.8, 4) is 22.1 Å². The molecule has 1 N–H and O–H groups in total. The third-order valence-corrected chi connectivity index (χ3v) is 5.40. The number of anilines is 1. The Balaban J connectivity index is 1.72. The molecule has 2 aromatic carbocycles. The van der Waals surface area contributed by atoms with Crippen LogP contribution in [0.25, 0.3) is 10.6 Å². The van der Waals surface area contributed by atoms with Crippen LogP contribution >= 0.6 is 11.3 Å². The Bertz CT molecular complexity index is 1080. The van der Waals surface area contributed by atoms with Crippen molar-refractivity contribution in [3.63, 3.8) is 0 Å². The van der Waals surface area contributed by atoms with E-state index in [2.05, 4.69) is 10.3 Å². The highest BCUT2D eigenvalue weighted by Gasteiger charge is 2.14. The molecule has 0 spiro atoms. The number of carbonyl (C=O) groups is 2. The van der Waals surface area contributed by atoms with E-state index in [1.807, 2.05) is 30.5 Å². The van der Waals surface area contributed by atoms with Crippen molar-refractivity contribution < 1.29 is 23.8 Å². The van der Waals surface area contributed by atoms with Crippen LogP contribution in [-0.4, -0.2) is 38.2 Å². The van der Waals surface area contributed by atoms with Crippen LogP contribution in [0.15, 0.2) is 41.8 Å². The first-order valence-corrected chi connectivity index (χ1v) is 9.98. The van der Waals surface area contributed by atoms with E-state index in [4.69, 9.17) is 14.2 Å². The molecule has 1 aromatic heterocycles. The number of amides is 1. The fourth-order valence-electron chi connectivity index (χ4n) is 2.85. The SMILES string of the molecule is COC(=O)c1ccc(C)c(NC(=O)Cc2csc(-c3ccc(OC)c(OC)c3)n2)c1. The molecule has 1 amide bonds. The molecular formula is C22H22N2O5S. The summed E-state index contributed by atoms with van der Waals surface area (Å²) in [6, 6.07) is 10.6. The van der Waals surface area contributed by atoms with Crippen LogP contribution in [0.2, 0.25) is 0 Å². The van der Waals surface area contributed by atoms with Gasteiger partial charge in [0.25, 0.3) is 0 Å². The number of aromatic nitrogens is 1. The predicted molar refractivity (Wildman–Crippen MR) is 116 cm³/mol. The molecule has 8 heteroatoms. The van der Waals surface area contributed by atoms with E-state index in [0.29, 0.717) is 28.4 Å². The molecule has 0 bridgehead atoms. The molecule has 0 aliphatic heterocycles. The summed E-state index contributed by atoms with van der Waals surface area (Å²) in [7, 11) is 4.48. The number of nitrogens with one attached hydrogen (secondary N) is 1. The van der Waals surface area contributed by atoms with Crippen LogP contribution in [-0.2, 0) is 16.0 Å². The van der Waals surface area contributed by atoms with E-state index in [1.54, 1.807) is 32.4 Å². The molecule has 0 fully saturated rings. The molecule has 3 aromatic rings. The van der Waals surface area contributed by atoms with Gasteiger partial charge in [-0.3, -0.25) is 4.79 Å². The van der Waals surface area contributed by atoms with Gasteiger partial charge in [-0.25, -0.2) is 9.78 Å². The lowest BCUT2D eigenvalue weighted by Gasteiger charge is -2.09. The standard InChI is InChI=1S/C22H22N2O5S/c1-13-5-6-15(22(26)29-4)9-17(13)24-20(25)11-16-12-30-21(23-16)14-7-8-18(27-2)19(10-14)28-3/h5-10,12H,11H2,1-4H3,(H,24,25). The van der Waals surface area contributed by atoms with Gasteiger partial charge in [0.2, 0.25) is 5.91 Å². The van der Waals surface area contributed by atoms with Gasteiger partial charge in [0.15, 0.2) is 11.5 Å². The van der Waals surface area contributed by atoms with Crippen molar-refractivity contribution >= 4 is 28.9 Å². The molecule has 3 rings (SSSR count). The van der Waals surface area contributed by atoms with Gasteiger partial charge in [0.1, 0.15) is 5.01 Å². The molecule has 1 heterocycles. The largest absolute Gasteiger partial charge is 0.493 e. The van der Waals surface area contributed by atoms with Crippen molar-refractivity contribution in [3.05, 3.63) is 58.6 Å². The summed E-state index contributed by atoms with van der Waals surface area (Å²) in [5.74, 6) is 0.584. The lowest BCUT2D eigenvalue weighted by atomic mass is 10.1. The Morgan fingerprint density at radius 1 is 1.03 bits per heavy atom. The molecule has 0 unspecified atom stereocenters. The molecule has 0 radical (unpaired) electrons. The lowest BCUT2D eigenvalue weighted by Crippen LogP contribution is -2.16. The molecule has 0 saturated carbocycles. The molecule has 0 saturated heterocycles. The minimum Gasteiger partial charge on any atom is -0.493 e. The number of hydrogen-bond donors (Lipinski definition) is 1. The Kier molecular flexibility index (Phi) is 6.68. The Morgan fingerprint density at radius 3 is 2.50 bits per heavy atom. The number of rotatable bonds is 7. The first kappa shape index (κ1) is 21.3. The number of benzene rings is 2. The van der Waals surface area contributed by atoms with Crippen LogP contribution in [0, 0.1) is 6.92 Å². The normalized spacial score (nSPS) is 10.4. The minimum absolute atomic E-state index is 0.117. The van der Waals surface area contributed by atoms with Gasteiger partial charge in [0, 0.05) is 16.6 Å². The van der Waals surface area contributed by atoms with Gasteiger partial charge in [-0.05, 0) is 42.8 Å². The summed E-state index contributed by atoms with van der Waals surface area (Å²) >= 11 is 1.45. The third kappa shape index (κ3) is 4.77. The minimum atomic E-state index is -0.454. The number of carbonyl (C=O) groups excluding carboxylic acids is 2. The lowest BCUT2D eigenvalue weighted by molar-refractivity contribution is -0.115. The Morgan fingerprint density at radius 2 is 1.80 bits per heavy atom. The van der Waals surface area contributed by atoms with Crippen molar-refractivity contribution in [1.29, 1.82) is 0 Å². The summed E-state index contributed by atoms with van der Waals surface area (Å²) in [6.07, 6.45) is 0.117. The second-order valence-electron chi connectivity index (χ2n) is 6.46. The number of hydrogen-bond acceptors (Lipinski definition) is 7. The smallest absolute Gasteiger partial charge is 0.337 e. The maximum Gasteiger partial charge on any atom is 0.337 e. The van der Waals surface area contributed by atoms with Crippen LogP contribution in [0.5, 0.6) is 11.5 Å². The first-order chi connectivity index (χ1) is 14.4.